The van der Waals surface area contributed by atoms with E-state index in [4.69, 9.17) is 0 Å². The molecule has 1 aromatic carbocycles. The predicted molar refractivity (Wildman–Crippen MR) is 59.4 cm³/mol. The maximum Gasteiger partial charge on any atom is 0.199 e. The van der Waals surface area contributed by atoms with Crippen LogP contribution in [-0.2, 0) is 0 Å². The van der Waals surface area contributed by atoms with Crippen molar-refractivity contribution in [3.05, 3.63) is 48.9 Å². The van der Waals surface area contributed by atoms with E-state index >= 15 is 0 Å². The maximum absolute atomic E-state index is 4.14. The van der Waals surface area contributed by atoms with Gasteiger partial charge >= 0.3 is 0 Å². The highest BCUT2D eigenvalue weighted by Gasteiger charge is 2.06. The number of benzene rings is 1. The molecule has 4 nitrogen and oxygen atoms in total. The second kappa shape index (κ2) is 3.66. The minimum Gasteiger partial charge on any atom is -0.225 e. The molecule has 0 aliphatic carbocycles. The summed E-state index contributed by atoms with van der Waals surface area (Å²) in [6, 6.07) is 11.5. The van der Waals surface area contributed by atoms with E-state index in [1.807, 2.05) is 36.4 Å². The highest BCUT2D eigenvalue weighted by molar-refractivity contribution is 5.90. The van der Waals surface area contributed by atoms with Gasteiger partial charge in [0.15, 0.2) is 6.33 Å². The predicted octanol–water partition coefficient (Wildman–Crippen LogP) is 1.89. The molecule has 0 N–H and O–H groups in total. The van der Waals surface area contributed by atoms with Crippen molar-refractivity contribution in [1.29, 1.82) is 0 Å². The fraction of sp³-hybridized carbons (Fsp3) is 0. The van der Waals surface area contributed by atoms with Crippen molar-refractivity contribution in [2.24, 2.45) is 0 Å². The van der Waals surface area contributed by atoms with Crippen LogP contribution in [0.2, 0.25) is 0 Å². The molecule has 1 radical (unpaired) electrons. The molecular weight excluding hydrogens is 200 g/mol. The lowest BCUT2D eigenvalue weighted by Gasteiger charge is -2.01. The first-order chi connectivity index (χ1) is 7.95. The minimum absolute atomic E-state index is 0.734. The van der Waals surface area contributed by atoms with Crippen LogP contribution in [-0.4, -0.2) is 20.2 Å². The molecule has 0 saturated carbocycles. The molecule has 2 aromatic heterocycles. The summed E-state index contributed by atoms with van der Waals surface area (Å²) < 4.78 is 0. The van der Waals surface area contributed by atoms with Crippen LogP contribution in [0.4, 0.5) is 0 Å². The van der Waals surface area contributed by atoms with E-state index < -0.39 is 0 Å². The molecule has 0 amide bonds. The normalized spacial score (nSPS) is 10.5. The quantitative estimate of drug-likeness (QED) is 0.611. The molecule has 4 heteroatoms. The Hall–Kier alpha value is -2.36. The molecule has 0 atom stereocenters. The molecule has 3 aromatic rings. The van der Waals surface area contributed by atoms with Crippen LogP contribution >= 0.6 is 0 Å². The summed E-state index contributed by atoms with van der Waals surface area (Å²) in [4.78, 5) is 8.22. The highest BCUT2D eigenvalue weighted by Crippen LogP contribution is 2.22. The van der Waals surface area contributed by atoms with Gasteiger partial charge in [-0.3, -0.25) is 0 Å². The van der Waals surface area contributed by atoms with E-state index in [0.29, 0.717) is 0 Å². The van der Waals surface area contributed by atoms with Gasteiger partial charge in [0.25, 0.3) is 0 Å². The maximum atomic E-state index is 4.14. The Morgan fingerprint density at radius 2 is 1.88 bits per heavy atom. The third kappa shape index (κ3) is 1.40. The number of hydrogen-bond donors (Lipinski definition) is 0. The fourth-order valence-electron chi connectivity index (χ4n) is 1.58. The second-order valence-corrected chi connectivity index (χ2v) is 3.30. The summed E-state index contributed by atoms with van der Waals surface area (Å²) >= 11 is 0. The Bertz CT molecular complexity index is 617. The van der Waals surface area contributed by atoms with Crippen molar-refractivity contribution >= 4 is 10.9 Å². The number of fused-ring (bicyclic) bond motifs is 1. The van der Waals surface area contributed by atoms with E-state index in [1.165, 1.54) is 0 Å². The van der Waals surface area contributed by atoms with Gasteiger partial charge in [0.05, 0.1) is 5.52 Å². The lowest BCUT2D eigenvalue weighted by molar-refractivity contribution is 1.03. The number of aromatic nitrogens is 4. The van der Waals surface area contributed by atoms with Crippen LogP contribution in [0.1, 0.15) is 0 Å². The molecule has 0 bridgehead atoms. The molecule has 0 saturated heterocycles. The van der Waals surface area contributed by atoms with Gasteiger partial charge in [0.1, 0.15) is 11.4 Å². The molecule has 0 unspecified atom stereocenters. The molecule has 3 rings (SSSR count). The second-order valence-electron chi connectivity index (χ2n) is 3.30. The van der Waals surface area contributed by atoms with Crippen molar-refractivity contribution in [3.8, 4) is 11.4 Å². The number of para-hydroxylation sites is 1. The first kappa shape index (κ1) is 8.91. The molecule has 0 aliphatic heterocycles. The molecule has 0 fully saturated rings. The van der Waals surface area contributed by atoms with E-state index in [1.54, 1.807) is 6.20 Å². The lowest BCUT2D eigenvalue weighted by atomic mass is 10.1. The smallest absolute Gasteiger partial charge is 0.199 e. The monoisotopic (exact) mass is 207 g/mol. The Morgan fingerprint density at radius 3 is 2.75 bits per heavy atom. The topological polar surface area (TPSA) is 51.6 Å². The summed E-state index contributed by atoms with van der Waals surface area (Å²) in [6.07, 6.45) is 4.27. The van der Waals surface area contributed by atoms with E-state index in [-0.39, 0.29) is 0 Å². The summed E-state index contributed by atoms with van der Waals surface area (Å²) in [6.45, 7) is 0. The van der Waals surface area contributed by atoms with Gasteiger partial charge in [0, 0.05) is 11.6 Å². The molecule has 2 heterocycles. The standard InChI is InChI=1S/C12H7N4/c1-2-5-10-9(4-1)12(14-8-13-10)11-6-3-7-15-16-11/h1-7H. The van der Waals surface area contributed by atoms with Gasteiger partial charge in [0.2, 0.25) is 0 Å². The molecular formula is C12H7N4. The van der Waals surface area contributed by atoms with Crippen molar-refractivity contribution in [2.45, 2.75) is 0 Å². The van der Waals surface area contributed by atoms with Crippen LogP contribution in [0.25, 0.3) is 22.3 Å². The van der Waals surface area contributed by atoms with Gasteiger partial charge in [-0.05, 0) is 18.2 Å². The van der Waals surface area contributed by atoms with Crippen molar-refractivity contribution < 1.29 is 0 Å². The average molecular weight is 207 g/mol. The zero-order valence-corrected chi connectivity index (χ0v) is 8.33. The minimum atomic E-state index is 0.734. The first-order valence-electron chi connectivity index (χ1n) is 4.86. The molecule has 0 spiro atoms. The molecule has 75 valence electrons. The van der Waals surface area contributed by atoms with Gasteiger partial charge in [-0.1, -0.05) is 18.2 Å². The number of hydrogen-bond acceptors (Lipinski definition) is 4. The lowest BCUT2D eigenvalue weighted by Crippen LogP contribution is -1.92. The van der Waals surface area contributed by atoms with Gasteiger partial charge in [-0.15, -0.1) is 5.10 Å². The Balaban J connectivity index is 2.32. The van der Waals surface area contributed by atoms with Crippen molar-refractivity contribution in [1.82, 2.24) is 20.2 Å². The molecule has 0 aliphatic rings. The van der Waals surface area contributed by atoms with Gasteiger partial charge in [-0.25, -0.2) is 9.97 Å². The third-order valence-corrected chi connectivity index (χ3v) is 2.31. The van der Waals surface area contributed by atoms with E-state index in [2.05, 4.69) is 26.5 Å². The van der Waals surface area contributed by atoms with Crippen LogP contribution in [0.15, 0.2) is 42.6 Å². The summed E-state index contributed by atoms with van der Waals surface area (Å²) in [7, 11) is 0. The zero-order valence-electron chi connectivity index (χ0n) is 8.33. The van der Waals surface area contributed by atoms with Crippen molar-refractivity contribution in [2.75, 3.05) is 0 Å². The van der Waals surface area contributed by atoms with Crippen LogP contribution in [0.3, 0.4) is 0 Å². The van der Waals surface area contributed by atoms with Gasteiger partial charge in [-0.2, -0.15) is 5.10 Å². The van der Waals surface area contributed by atoms with E-state index in [9.17, 15) is 0 Å². The van der Waals surface area contributed by atoms with E-state index in [0.717, 1.165) is 22.3 Å². The SMILES string of the molecule is [c]1nc(-c2cccnn2)c2ccccc2n1. The number of rotatable bonds is 1. The average Bonchev–Trinajstić information content (AvgIpc) is 2.39. The summed E-state index contributed by atoms with van der Waals surface area (Å²) in [5.41, 5.74) is 2.36. The number of nitrogens with zero attached hydrogens (tertiary/aromatic N) is 4. The largest absolute Gasteiger partial charge is 0.225 e. The van der Waals surface area contributed by atoms with Crippen LogP contribution in [0, 0.1) is 6.33 Å². The van der Waals surface area contributed by atoms with Crippen LogP contribution < -0.4 is 0 Å². The third-order valence-electron chi connectivity index (χ3n) is 2.31. The summed E-state index contributed by atoms with van der Waals surface area (Å²) in [5.74, 6) is 0. The Kier molecular flexibility index (Phi) is 2.04. The Morgan fingerprint density at radius 1 is 0.938 bits per heavy atom. The summed E-state index contributed by atoms with van der Waals surface area (Å²) in [5, 5.41) is 8.84. The van der Waals surface area contributed by atoms with Crippen LogP contribution in [0.5, 0.6) is 0 Å². The zero-order chi connectivity index (χ0) is 10.8. The fourth-order valence-corrected chi connectivity index (χ4v) is 1.58. The van der Waals surface area contributed by atoms with Crippen molar-refractivity contribution in [3.63, 3.8) is 0 Å². The Labute approximate surface area is 92.0 Å². The highest BCUT2D eigenvalue weighted by atomic mass is 15.1. The first-order valence-corrected chi connectivity index (χ1v) is 4.86. The van der Waals surface area contributed by atoms with Gasteiger partial charge < -0.3 is 0 Å². The molecule has 16 heavy (non-hydrogen) atoms.